The summed E-state index contributed by atoms with van der Waals surface area (Å²) >= 11 is 7.05. The maximum absolute atomic E-state index is 13.6. The van der Waals surface area contributed by atoms with Crippen molar-refractivity contribution < 1.29 is 24.1 Å². The topological polar surface area (TPSA) is 118 Å². The number of ketones is 1. The van der Waals surface area contributed by atoms with Crippen molar-refractivity contribution in [1.29, 1.82) is 0 Å². The van der Waals surface area contributed by atoms with Gasteiger partial charge in [0.05, 0.1) is 16.8 Å². The molecule has 0 aromatic heterocycles. The third-order valence-electron chi connectivity index (χ3n) is 6.36. The number of benzene rings is 2. The van der Waals surface area contributed by atoms with E-state index in [0.717, 1.165) is 21.6 Å². The number of nitrogens with zero attached hydrogens (tertiary/aromatic N) is 3. The third-order valence-corrected chi connectivity index (χ3v) is 9.10. The molecular weight excluding hydrogens is 586 g/mol. The van der Waals surface area contributed by atoms with Crippen molar-refractivity contribution in [2.75, 3.05) is 6.54 Å². The molecule has 2 aromatic carbocycles. The number of alkyl halides is 2. The predicted molar refractivity (Wildman–Crippen MR) is 133 cm³/mol. The molecule has 1 saturated carbocycles. The molecule has 0 radical (unpaired) electrons. The maximum Gasteiger partial charge on any atom is 0.282 e. The summed E-state index contributed by atoms with van der Waals surface area (Å²) in [4.78, 5) is 64.3. The van der Waals surface area contributed by atoms with Gasteiger partial charge in [-0.2, -0.15) is 5.01 Å². The summed E-state index contributed by atoms with van der Waals surface area (Å²) in [6.07, 6.45) is 0.752. The van der Waals surface area contributed by atoms with Crippen LogP contribution in [0.2, 0.25) is 0 Å². The number of carbonyl (C=O) groups excluding carboxylic acids is 4. The summed E-state index contributed by atoms with van der Waals surface area (Å²) in [6.45, 7) is 1.23. The van der Waals surface area contributed by atoms with Gasteiger partial charge < -0.3 is 0 Å². The van der Waals surface area contributed by atoms with Crippen LogP contribution in [0.4, 0.5) is 5.69 Å². The Bertz CT molecular complexity index is 1190. The fourth-order valence-electron chi connectivity index (χ4n) is 4.47. The summed E-state index contributed by atoms with van der Waals surface area (Å²) in [6, 6.07) is 11.9. The van der Waals surface area contributed by atoms with Gasteiger partial charge in [-0.05, 0) is 25.8 Å². The standard InChI is InChI=1S/C24H21Br2N3O6/c1-13-6-8-14(9-7-13)21(30)12-27(22(31)15-4-2-3-5-20(15)29(34)35)28-23(32)16-10-18(25)19(26)11-17(16)24(28)33/h2-9,16-19H,10-12H2,1H3/t16-,17-,18+,19+/m1/s1. The van der Waals surface area contributed by atoms with Gasteiger partial charge in [0.2, 0.25) is 0 Å². The lowest BCUT2D eigenvalue weighted by molar-refractivity contribution is -0.385. The van der Waals surface area contributed by atoms with Crippen molar-refractivity contribution in [3.8, 4) is 0 Å². The number of halogens is 2. The number of nitro groups is 1. The van der Waals surface area contributed by atoms with Crippen molar-refractivity contribution in [2.45, 2.75) is 29.4 Å². The van der Waals surface area contributed by atoms with Gasteiger partial charge in [-0.15, -0.1) is 0 Å². The lowest BCUT2D eigenvalue weighted by Crippen LogP contribution is -2.52. The summed E-state index contributed by atoms with van der Waals surface area (Å²) in [5.74, 6) is -3.97. The van der Waals surface area contributed by atoms with E-state index < -0.39 is 52.5 Å². The summed E-state index contributed by atoms with van der Waals surface area (Å²) in [5.41, 5.74) is 0.412. The SMILES string of the molecule is Cc1ccc(C(=O)CN(C(=O)c2ccccc2[N+](=O)[O-])N2C(=O)[C@@H]3C[C@H](Br)[C@@H](Br)C[C@H]3C2=O)cc1. The minimum Gasteiger partial charge on any atom is -0.292 e. The van der Waals surface area contributed by atoms with Gasteiger partial charge in [0.1, 0.15) is 12.1 Å². The van der Waals surface area contributed by atoms with E-state index >= 15 is 0 Å². The van der Waals surface area contributed by atoms with Crippen LogP contribution in [-0.4, -0.2) is 54.6 Å². The molecule has 1 aliphatic heterocycles. The minimum atomic E-state index is -0.969. The Balaban J connectivity index is 1.74. The van der Waals surface area contributed by atoms with Crippen molar-refractivity contribution in [3.05, 3.63) is 75.3 Å². The molecule has 0 spiro atoms. The van der Waals surface area contributed by atoms with E-state index in [2.05, 4.69) is 31.9 Å². The van der Waals surface area contributed by atoms with Crippen LogP contribution in [0.15, 0.2) is 48.5 Å². The second-order valence-corrected chi connectivity index (χ2v) is 11.0. The normalized spacial score (nSPS) is 23.7. The number of hydrazine groups is 1. The van der Waals surface area contributed by atoms with Crippen molar-refractivity contribution in [1.82, 2.24) is 10.0 Å². The number of nitro benzene ring substituents is 1. The molecule has 0 N–H and O–H groups in total. The van der Waals surface area contributed by atoms with Gasteiger partial charge >= 0.3 is 0 Å². The zero-order valence-corrected chi connectivity index (χ0v) is 21.8. The van der Waals surface area contributed by atoms with Crippen LogP contribution in [0.3, 0.4) is 0 Å². The number of para-hydroxylation sites is 1. The molecule has 3 amide bonds. The predicted octanol–water partition coefficient (Wildman–Crippen LogP) is 4.07. The number of fused-ring (bicyclic) bond motifs is 1. The van der Waals surface area contributed by atoms with Gasteiger partial charge in [0, 0.05) is 21.3 Å². The molecule has 9 nitrogen and oxygen atoms in total. The van der Waals surface area contributed by atoms with Crippen LogP contribution < -0.4 is 0 Å². The number of rotatable bonds is 6. The molecular formula is C24H21Br2N3O6. The monoisotopic (exact) mass is 605 g/mol. The van der Waals surface area contributed by atoms with E-state index in [1.54, 1.807) is 24.3 Å². The van der Waals surface area contributed by atoms with E-state index in [4.69, 9.17) is 0 Å². The smallest absolute Gasteiger partial charge is 0.282 e. The molecule has 2 fully saturated rings. The molecule has 0 bridgehead atoms. The Morgan fingerprint density at radius 3 is 2.09 bits per heavy atom. The lowest BCUT2D eigenvalue weighted by atomic mass is 9.81. The molecule has 2 aliphatic rings. The van der Waals surface area contributed by atoms with Crippen LogP contribution in [0.1, 0.15) is 39.1 Å². The first-order valence-corrected chi connectivity index (χ1v) is 12.7. The van der Waals surface area contributed by atoms with E-state index in [9.17, 15) is 29.3 Å². The number of hydrogen-bond acceptors (Lipinski definition) is 6. The van der Waals surface area contributed by atoms with Crippen molar-refractivity contribution >= 4 is 61.1 Å². The highest BCUT2D eigenvalue weighted by atomic mass is 79.9. The number of hydrogen-bond donors (Lipinski definition) is 0. The molecule has 182 valence electrons. The Kier molecular flexibility index (Phi) is 7.18. The molecule has 4 atom stereocenters. The Morgan fingerprint density at radius 2 is 1.54 bits per heavy atom. The number of aryl methyl sites for hydroxylation is 1. The highest BCUT2D eigenvalue weighted by Crippen LogP contribution is 2.43. The number of imide groups is 1. The number of carbonyl (C=O) groups is 4. The van der Waals surface area contributed by atoms with E-state index in [1.807, 2.05) is 6.92 Å². The van der Waals surface area contributed by atoms with Gasteiger partial charge in [0.15, 0.2) is 5.78 Å². The zero-order chi connectivity index (χ0) is 25.4. The van der Waals surface area contributed by atoms with Gasteiger partial charge in [-0.25, -0.2) is 5.01 Å². The van der Waals surface area contributed by atoms with Crippen LogP contribution in [0.5, 0.6) is 0 Å². The van der Waals surface area contributed by atoms with E-state index in [-0.39, 0.29) is 20.8 Å². The molecule has 2 aromatic rings. The van der Waals surface area contributed by atoms with Gasteiger partial charge in [0.25, 0.3) is 23.4 Å². The second-order valence-electron chi connectivity index (χ2n) is 8.63. The summed E-state index contributed by atoms with van der Waals surface area (Å²) < 4.78 is 0. The highest BCUT2D eigenvalue weighted by Gasteiger charge is 2.55. The quantitative estimate of drug-likeness (QED) is 0.161. The van der Waals surface area contributed by atoms with Crippen LogP contribution in [0, 0.1) is 28.9 Å². The number of Topliss-reactive ketones (excluding diaryl/α,β-unsaturated/α-hetero) is 1. The van der Waals surface area contributed by atoms with E-state index in [1.165, 1.54) is 18.2 Å². The van der Waals surface area contributed by atoms with Gasteiger partial charge in [-0.3, -0.25) is 29.3 Å². The first-order chi connectivity index (χ1) is 16.6. The number of amides is 3. The van der Waals surface area contributed by atoms with Gasteiger partial charge in [-0.1, -0.05) is 73.8 Å². The highest BCUT2D eigenvalue weighted by molar-refractivity contribution is 9.12. The second kappa shape index (κ2) is 9.98. The average molecular weight is 607 g/mol. The fraction of sp³-hybridized carbons (Fsp3) is 0.333. The average Bonchev–Trinajstić information content (AvgIpc) is 3.06. The molecule has 0 unspecified atom stereocenters. The third kappa shape index (κ3) is 4.79. The van der Waals surface area contributed by atoms with Crippen molar-refractivity contribution in [3.63, 3.8) is 0 Å². The molecule has 11 heteroatoms. The van der Waals surface area contributed by atoms with Crippen molar-refractivity contribution in [2.24, 2.45) is 11.8 Å². The van der Waals surface area contributed by atoms with E-state index in [0.29, 0.717) is 12.8 Å². The van der Waals surface area contributed by atoms with Crippen LogP contribution in [-0.2, 0) is 9.59 Å². The summed E-state index contributed by atoms with van der Waals surface area (Å²) in [5, 5.41) is 13.1. The summed E-state index contributed by atoms with van der Waals surface area (Å²) in [7, 11) is 0. The Morgan fingerprint density at radius 1 is 1.00 bits per heavy atom. The first kappa shape index (κ1) is 25.2. The lowest BCUT2D eigenvalue weighted by Gasteiger charge is -2.30. The molecule has 1 aliphatic carbocycles. The fourth-order valence-corrected chi connectivity index (χ4v) is 5.71. The maximum atomic E-state index is 13.6. The van der Waals surface area contributed by atoms with Crippen LogP contribution in [0.25, 0.3) is 0 Å². The first-order valence-electron chi connectivity index (χ1n) is 10.9. The Labute approximate surface area is 217 Å². The molecule has 35 heavy (non-hydrogen) atoms. The zero-order valence-electron chi connectivity index (χ0n) is 18.6. The largest absolute Gasteiger partial charge is 0.292 e. The minimum absolute atomic E-state index is 0.0472. The molecule has 4 rings (SSSR count). The molecule has 1 heterocycles. The Hall–Kier alpha value is -2.92. The van der Waals surface area contributed by atoms with Crippen LogP contribution >= 0.6 is 31.9 Å². The molecule has 1 saturated heterocycles.